The smallest absolute Gasteiger partial charge is 0.0663 e. The van der Waals surface area contributed by atoms with Gasteiger partial charge in [-0.1, -0.05) is 6.92 Å². The molecule has 1 aromatic rings. The van der Waals surface area contributed by atoms with Gasteiger partial charge < -0.3 is 15.0 Å². The van der Waals surface area contributed by atoms with Crippen molar-refractivity contribution in [2.24, 2.45) is 0 Å². The molecule has 3 nitrogen and oxygen atoms in total. The molecule has 0 spiro atoms. The van der Waals surface area contributed by atoms with E-state index in [1.54, 1.807) is 7.11 Å². The molecule has 1 atom stereocenters. The van der Waals surface area contributed by atoms with Crippen molar-refractivity contribution in [2.45, 2.75) is 25.8 Å². The molecule has 1 aliphatic heterocycles. The highest BCUT2D eigenvalue weighted by Gasteiger charge is 2.16. The van der Waals surface area contributed by atoms with Gasteiger partial charge in [-0.2, -0.15) is 0 Å². The van der Waals surface area contributed by atoms with Crippen LogP contribution in [0.2, 0.25) is 0 Å². The minimum atomic E-state index is 0.400. The van der Waals surface area contributed by atoms with Crippen molar-refractivity contribution in [3.63, 3.8) is 0 Å². The summed E-state index contributed by atoms with van der Waals surface area (Å²) >= 11 is 0. The molecular formula is C14H22N2O. The van der Waals surface area contributed by atoms with E-state index in [-0.39, 0.29) is 0 Å². The zero-order chi connectivity index (χ0) is 12.3. The molecule has 3 heteroatoms. The fourth-order valence-electron chi connectivity index (χ4n) is 2.35. The molecule has 94 valence electrons. The van der Waals surface area contributed by atoms with Gasteiger partial charge in [-0.25, -0.2) is 0 Å². The summed E-state index contributed by atoms with van der Waals surface area (Å²) in [6.07, 6.45) is 2.23. The molecule has 1 heterocycles. The number of nitrogens with zero attached hydrogens (tertiary/aromatic N) is 1. The van der Waals surface area contributed by atoms with Crippen molar-refractivity contribution in [1.29, 1.82) is 0 Å². The summed E-state index contributed by atoms with van der Waals surface area (Å²) in [4.78, 5) is 2.31. The first-order valence-corrected chi connectivity index (χ1v) is 6.34. The van der Waals surface area contributed by atoms with E-state index in [0.717, 1.165) is 26.0 Å². The fourth-order valence-corrected chi connectivity index (χ4v) is 2.35. The van der Waals surface area contributed by atoms with Crippen LogP contribution in [-0.2, 0) is 11.2 Å². The average Bonchev–Trinajstić information content (AvgIpc) is 2.70. The van der Waals surface area contributed by atoms with Crippen LogP contribution in [0.5, 0.6) is 0 Å². The maximum Gasteiger partial charge on any atom is 0.0663 e. The number of rotatable bonds is 5. The van der Waals surface area contributed by atoms with E-state index in [9.17, 15) is 0 Å². The molecule has 1 N–H and O–H groups in total. The predicted molar refractivity (Wildman–Crippen MR) is 73.0 cm³/mol. The highest BCUT2D eigenvalue weighted by atomic mass is 16.5. The third kappa shape index (κ3) is 2.72. The molecule has 1 aromatic carbocycles. The second-order valence-electron chi connectivity index (χ2n) is 4.72. The van der Waals surface area contributed by atoms with Gasteiger partial charge in [0.05, 0.1) is 6.61 Å². The highest BCUT2D eigenvalue weighted by molar-refractivity contribution is 5.63. The Hall–Kier alpha value is -1.22. The van der Waals surface area contributed by atoms with Gasteiger partial charge in [-0.15, -0.1) is 0 Å². The summed E-state index contributed by atoms with van der Waals surface area (Å²) in [6, 6.07) is 7.05. The van der Waals surface area contributed by atoms with Gasteiger partial charge in [0.2, 0.25) is 0 Å². The van der Waals surface area contributed by atoms with E-state index >= 15 is 0 Å². The number of likely N-dealkylation sites (N-methyl/N-ethyl adjacent to an activating group) is 1. The Labute approximate surface area is 104 Å². The lowest BCUT2D eigenvalue weighted by atomic mass is 10.1. The Balaban J connectivity index is 2.07. The largest absolute Gasteiger partial charge is 0.383 e. The maximum absolute atomic E-state index is 5.21. The van der Waals surface area contributed by atoms with Gasteiger partial charge in [0.15, 0.2) is 0 Å². The third-order valence-electron chi connectivity index (χ3n) is 3.44. The molecule has 17 heavy (non-hydrogen) atoms. The van der Waals surface area contributed by atoms with Gasteiger partial charge in [-0.05, 0) is 36.6 Å². The van der Waals surface area contributed by atoms with Crippen LogP contribution in [0, 0.1) is 0 Å². The first-order valence-electron chi connectivity index (χ1n) is 6.34. The number of fused-ring (bicyclic) bond motifs is 1. The molecule has 1 unspecified atom stereocenters. The lowest BCUT2D eigenvalue weighted by molar-refractivity contribution is 0.184. The normalized spacial score (nSPS) is 15.8. The number of hydrogen-bond acceptors (Lipinski definition) is 3. The van der Waals surface area contributed by atoms with E-state index in [4.69, 9.17) is 4.74 Å². The minimum absolute atomic E-state index is 0.400. The number of anilines is 2. The molecule has 0 aliphatic carbocycles. The van der Waals surface area contributed by atoms with E-state index in [1.807, 2.05) is 0 Å². The topological polar surface area (TPSA) is 24.5 Å². The van der Waals surface area contributed by atoms with Gasteiger partial charge >= 0.3 is 0 Å². The fraction of sp³-hybridized carbons (Fsp3) is 0.571. The number of ether oxygens (including phenoxy) is 1. The molecule has 0 amide bonds. The first kappa shape index (κ1) is 12.2. The van der Waals surface area contributed by atoms with Crippen LogP contribution in [-0.4, -0.2) is 33.4 Å². The molecule has 2 rings (SSSR count). The summed E-state index contributed by atoms with van der Waals surface area (Å²) in [5, 5.41) is 3.53. The van der Waals surface area contributed by atoms with Crippen molar-refractivity contribution in [1.82, 2.24) is 0 Å². The summed E-state index contributed by atoms with van der Waals surface area (Å²) in [5.41, 5.74) is 4.03. The first-order chi connectivity index (χ1) is 8.24. The summed E-state index contributed by atoms with van der Waals surface area (Å²) in [6.45, 7) is 4.07. The molecular weight excluding hydrogens is 212 g/mol. The molecule has 0 aromatic heterocycles. The lowest BCUT2D eigenvalue weighted by Gasteiger charge is -2.18. The van der Waals surface area contributed by atoms with Crippen molar-refractivity contribution in [3.8, 4) is 0 Å². The van der Waals surface area contributed by atoms with Crippen LogP contribution in [0.3, 0.4) is 0 Å². The molecule has 1 aliphatic rings. The number of nitrogens with one attached hydrogen (secondary N) is 1. The van der Waals surface area contributed by atoms with Crippen molar-refractivity contribution >= 4 is 11.4 Å². The van der Waals surface area contributed by atoms with Gasteiger partial charge in [-0.3, -0.25) is 0 Å². The minimum Gasteiger partial charge on any atom is -0.383 e. The van der Waals surface area contributed by atoms with Crippen LogP contribution in [0.15, 0.2) is 18.2 Å². The van der Waals surface area contributed by atoms with Crippen LogP contribution in [0.25, 0.3) is 0 Å². The standard InChI is InChI=1S/C14H22N2O/c1-4-12(10-17-3)15-13-5-6-14-11(9-13)7-8-16(14)2/h5-6,9,12,15H,4,7-8,10H2,1-3H3. The number of benzene rings is 1. The molecule has 0 fully saturated rings. The monoisotopic (exact) mass is 234 g/mol. The van der Waals surface area contributed by atoms with E-state index in [0.29, 0.717) is 6.04 Å². The van der Waals surface area contributed by atoms with Crippen molar-refractivity contribution in [3.05, 3.63) is 23.8 Å². The molecule has 0 saturated carbocycles. The Kier molecular flexibility index (Phi) is 3.89. The summed E-state index contributed by atoms with van der Waals surface area (Å²) < 4.78 is 5.21. The maximum atomic E-state index is 5.21. The average molecular weight is 234 g/mol. The Morgan fingerprint density at radius 2 is 2.29 bits per heavy atom. The number of methoxy groups -OCH3 is 1. The van der Waals surface area contributed by atoms with Gasteiger partial charge in [0.1, 0.15) is 0 Å². The Bertz CT molecular complexity index is 378. The van der Waals surface area contributed by atoms with E-state index in [2.05, 4.69) is 42.4 Å². The highest BCUT2D eigenvalue weighted by Crippen LogP contribution is 2.29. The zero-order valence-electron chi connectivity index (χ0n) is 11.0. The van der Waals surface area contributed by atoms with Crippen LogP contribution >= 0.6 is 0 Å². The third-order valence-corrected chi connectivity index (χ3v) is 3.44. The summed E-state index contributed by atoms with van der Waals surface area (Å²) in [7, 11) is 3.90. The second kappa shape index (κ2) is 5.41. The van der Waals surface area contributed by atoms with Crippen LogP contribution in [0.1, 0.15) is 18.9 Å². The van der Waals surface area contributed by atoms with Crippen molar-refractivity contribution in [2.75, 3.05) is 37.5 Å². The van der Waals surface area contributed by atoms with Crippen LogP contribution in [0.4, 0.5) is 11.4 Å². The van der Waals surface area contributed by atoms with Gasteiger partial charge in [0.25, 0.3) is 0 Å². The molecule has 0 bridgehead atoms. The predicted octanol–water partition coefficient (Wildman–Crippen LogP) is 2.52. The quantitative estimate of drug-likeness (QED) is 0.847. The van der Waals surface area contributed by atoms with Crippen LogP contribution < -0.4 is 10.2 Å². The lowest BCUT2D eigenvalue weighted by Crippen LogP contribution is -2.23. The van der Waals surface area contributed by atoms with E-state index in [1.165, 1.54) is 16.9 Å². The van der Waals surface area contributed by atoms with Gasteiger partial charge in [0, 0.05) is 38.1 Å². The SMILES string of the molecule is CCC(COC)Nc1ccc2c(c1)CCN2C. The second-order valence-corrected chi connectivity index (χ2v) is 4.72. The van der Waals surface area contributed by atoms with Crippen molar-refractivity contribution < 1.29 is 4.74 Å². The zero-order valence-corrected chi connectivity index (χ0v) is 11.0. The molecule has 0 radical (unpaired) electrons. The Morgan fingerprint density at radius 1 is 1.47 bits per heavy atom. The number of hydrogen-bond donors (Lipinski definition) is 1. The van der Waals surface area contributed by atoms with E-state index < -0.39 is 0 Å². The molecule has 0 saturated heterocycles. The summed E-state index contributed by atoms with van der Waals surface area (Å²) in [5.74, 6) is 0. The Morgan fingerprint density at radius 3 is 3.00 bits per heavy atom.